The molecule has 0 aliphatic rings. The number of imidazole rings is 1. The number of hydrogen-bond donors (Lipinski definition) is 0. The maximum absolute atomic E-state index is 11.1. The molecule has 0 atom stereocenters. The van der Waals surface area contributed by atoms with E-state index in [9.17, 15) is 18.0 Å². The minimum atomic E-state index is -6.09. The predicted octanol–water partition coefficient (Wildman–Crippen LogP) is 2.53. The molecule has 0 spiro atoms. The van der Waals surface area contributed by atoms with Crippen LogP contribution < -0.4 is 4.57 Å². The number of alkyl halides is 3. The van der Waals surface area contributed by atoms with E-state index in [1.54, 1.807) is 6.92 Å². The monoisotopic (exact) mass is 414 g/mol. The zero-order valence-corrected chi connectivity index (χ0v) is 16.2. The fraction of sp³-hybridized carbons (Fsp3) is 0.625. The number of rotatable bonds is 9. The lowest BCUT2D eigenvalue weighted by Gasteiger charge is -2.08. The van der Waals surface area contributed by atoms with Crippen LogP contribution in [-0.2, 0) is 32.7 Å². The molecule has 0 saturated heterocycles. The summed E-state index contributed by atoms with van der Waals surface area (Å²) in [5, 5.41) is 0. The summed E-state index contributed by atoms with van der Waals surface area (Å²) in [5.41, 5.74) is -5.18. The summed E-state index contributed by atoms with van der Waals surface area (Å²) in [4.78, 5) is 11.1. The van der Waals surface area contributed by atoms with Gasteiger partial charge in [-0.05, 0) is 39.5 Å². The Morgan fingerprint density at radius 1 is 1.26 bits per heavy atom. The highest BCUT2D eigenvalue weighted by atomic mass is 32.2. The molecule has 27 heavy (non-hydrogen) atoms. The summed E-state index contributed by atoms with van der Waals surface area (Å²) in [7, 11) is -6.09. The lowest BCUT2D eigenvalue weighted by atomic mass is 10.2. The highest BCUT2D eigenvalue weighted by Crippen LogP contribution is 2.20. The number of aryl methyl sites for hydroxylation is 2. The van der Waals surface area contributed by atoms with E-state index in [1.165, 1.54) is 0 Å². The highest BCUT2D eigenvalue weighted by molar-refractivity contribution is 7.86. The van der Waals surface area contributed by atoms with Crippen molar-refractivity contribution in [1.82, 2.24) is 4.57 Å². The first-order valence-electron chi connectivity index (χ1n) is 8.28. The van der Waals surface area contributed by atoms with Crippen molar-refractivity contribution >= 4 is 16.1 Å². The Balaban J connectivity index is 0.000000713. The van der Waals surface area contributed by atoms with Crippen LogP contribution in [0.15, 0.2) is 30.9 Å². The van der Waals surface area contributed by atoms with Crippen molar-refractivity contribution in [2.45, 2.75) is 58.1 Å². The number of halogens is 3. The van der Waals surface area contributed by atoms with Gasteiger partial charge in [0.15, 0.2) is 10.1 Å². The van der Waals surface area contributed by atoms with Crippen LogP contribution in [0, 0.1) is 0 Å². The Labute approximate surface area is 157 Å². The Kier molecular flexibility index (Phi) is 10.9. The second-order valence-electron chi connectivity index (χ2n) is 5.71. The Morgan fingerprint density at radius 3 is 2.26 bits per heavy atom. The van der Waals surface area contributed by atoms with Gasteiger partial charge in [-0.15, -0.1) is 0 Å². The molecule has 1 heterocycles. The molecule has 0 N–H and O–H groups in total. The summed E-state index contributed by atoms with van der Waals surface area (Å²) < 4.78 is 68.3. The van der Waals surface area contributed by atoms with Gasteiger partial charge >= 0.3 is 11.5 Å². The maximum atomic E-state index is 11.1. The molecule has 0 aliphatic carbocycles. The van der Waals surface area contributed by atoms with Crippen LogP contribution in [0.3, 0.4) is 0 Å². The Hall–Kier alpha value is -1.88. The van der Waals surface area contributed by atoms with Gasteiger partial charge < -0.3 is 9.29 Å². The van der Waals surface area contributed by atoms with Crippen LogP contribution in [-0.4, -0.2) is 35.6 Å². The van der Waals surface area contributed by atoms with Crippen molar-refractivity contribution < 1.29 is 40.2 Å². The van der Waals surface area contributed by atoms with E-state index in [2.05, 4.69) is 41.4 Å². The standard InChI is InChI=1S/C15H25N2O2.CHF3O3S/c1-4-16-10-11-17(13-16)9-7-5-6-8-12-19-15(18)14(2)3;2-1(3,4)8(5,6)7/h10-11,13H,2,4-9,12H2,1,3H3;(H,5,6,7)/q+1;/p-1. The van der Waals surface area contributed by atoms with E-state index in [0.29, 0.717) is 12.2 Å². The molecular weight excluding hydrogens is 389 g/mol. The van der Waals surface area contributed by atoms with E-state index in [-0.39, 0.29) is 5.97 Å². The number of aromatic nitrogens is 2. The van der Waals surface area contributed by atoms with Crippen LogP contribution in [0.4, 0.5) is 13.2 Å². The molecule has 0 unspecified atom stereocenters. The van der Waals surface area contributed by atoms with Crippen molar-refractivity contribution in [2.75, 3.05) is 6.61 Å². The molecule has 0 radical (unpaired) electrons. The molecule has 1 aromatic heterocycles. The van der Waals surface area contributed by atoms with Crippen LogP contribution in [0.5, 0.6) is 0 Å². The number of hydrogen-bond acceptors (Lipinski definition) is 5. The quantitative estimate of drug-likeness (QED) is 0.155. The second kappa shape index (κ2) is 11.8. The average molecular weight is 414 g/mol. The van der Waals surface area contributed by atoms with Gasteiger partial charge in [-0.2, -0.15) is 13.2 Å². The van der Waals surface area contributed by atoms with Gasteiger partial charge in [-0.1, -0.05) is 6.58 Å². The molecule has 7 nitrogen and oxygen atoms in total. The highest BCUT2D eigenvalue weighted by Gasteiger charge is 2.36. The van der Waals surface area contributed by atoms with E-state index in [1.807, 2.05) is 0 Å². The summed E-state index contributed by atoms with van der Waals surface area (Å²) in [6, 6.07) is 0. The first-order valence-corrected chi connectivity index (χ1v) is 9.69. The minimum absolute atomic E-state index is 0.281. The molecule has 11 heteroatoms. The van der Waals surface area contributed by atoms with Gasteiger partial charge in [0, 0.05) is 5.57 Å². The molecule has 0 amide bonds. The number of unbranched alkanes of at least 4 members (excludes halogenated alkanes) is 3. The van der Waals surface area contributed by atoms with Gasteiger partial charge in [-0.25, -0.2) is 22.3 Å². The van der Waals surface area contributed by atoms with Crippen LogP contribution in [0.2, 0.25) is 0 Å². The van der Waals surface area contributed by atoms with Gasteiger partial charge in [0.25, 0.3) is 0 Å². The number of esters is 1. The molecule has 0 aliphatic heterocycles. The van der Waals surface area contributed by atoms with Gasteiger partial charge in [0.05, 0.1) is 19.7 Å². The Morgan fingerprint density at radius 2 is 1.81 bits per heavy atom. The molecule has 0 bridgehead atoms. The SMILES string of the molecule is C=C(C)C(=O)OCCCCCC[n+]1ccn(CC)c1.O=S(=O)([O-])C(F)(F)F. The zero-order chi connectivity index (χ0) is 21.1. The summed E-state index contributed by atoms with van der Waals surface area (Å²) in [6.07, 6.45) is 10.7. The average Bonchev–Trinajstić information content (AvgIpc) is 3.00. The van der Waals surface area contributed by atoms with Crippen LogP contribution in [0.1, 0.15) is 39.5 Å². The van der Waals surface area contributed by atoms with Crippen molar-refractivity contribution in [3.63, 3.8) is 0 Å². The van der Waals surface area contributed by atoms with Gasteiger partial charge in [-0.3, -0.25) is 0 Å². The number of ether oxygens (including phenoxy) is 1. The molecule has 0 saturated carbocycles. The largest absolute Gasteiger partial charge is 0.741 e. The lowest BCUT2D eigenvalue weighted by Crippen LogP contribution is -2.30. The first kappa shape index (κ1) is 25.1. The fourth-order valence-corrected chi connectivity index (χ4v) is 1.80. The third-order valence-corrected chi connectivity index (χ3v) is 3.85. The number of carbonyl (C=O) groups is 1. The topological polar surface area (TPSA) is 92.3 Å². The van der Waals surface area contributed by atoms with E-state index in [4.69, 9.17) is 17.7 Å². The molecular formula is C16H25F3N2O5S. The van der Waals surface area contributed by atoms with Crippen LogP contribution in [0.25, 0.3) is 0 Å². The van der Waals surface area contributed by atoms with Gasteiger partial charge in [0.2, 0.25) is 6.33 Å². The summed E-state index contributed by atoms with van der Waals surface area (Å²) in [6.45, 7) is 9.92. The van der Waals surface area contributed by atoms with Gasteiger partial charge in [0.1, 0.15) is 12.4 Å². The number of nitrogens with zero attached hydrogens (tertiary/aromatic N) is 2. The molecule has 1 rings (SSSR count). The van der Waals surface area contributed by atoms with E-state index >= 15 is 0 Å². The smallest absolute Gasteiger partial charge is 0.485 e. The number of carbonyl (C=O) groups excluding carboxylic acids is 1. The van der Waals surface area contributed by atoms with E-state index in [0.717, 1.165) is 38.8 Å². The molecule has 1 aromatic rings. The third kappa shape index (κ3) is 11.4. The summed E-state index contributed by atoms with van der Waals surface area (Å²) >= 11 is 0. The first-order chi connectivity index (χ1) is 12.4. The minimum Gasteiger partial charge on any atom is -0.741 e. The van der Waals surface area contributed by atoms with E-state index < -0.39 is 15.6 Å². The molecule has 0 aromatic carbocycles. The second-order valence-corrected chi connectivity index (χ2v) is 7.08. The molecule has 0 fully saturated rings. The van der Waals surface area contributed by atoms with Crippen molar-refractivity contribution in [3.8, 4) is 0 Å². The van der Waals surface area contributed by atoms with Crippen molar-refractivity contribution in [2.24, 2.45) is 0 Å². The Bertz CT molecular complexity index is 699. The third-order valence-electron chi connectivity index (χ3n) is 3.29. The normalized spacial score (nSPS) is 11.5. The fourth-order valence-electron chi connectivity index (χ4n) is 1.80. The van der Waals surface area contributed by atoms with Crippen LogP contribution >= 0.6 is 0 Å². The lowest BCUT2D eigenvalue weighted by molar-refractivity contribution is -0.696. The van der Waals surface area contributed by atoms with Crippen molar-refractivity contribution in [3.05, 3.63) is 30.9 Å². The predicted molar refractivity (Wildman–Crippen MR) is 90.3 cm³/mol. The summed E-state index contributed by atoms with van der Waals surface area (Å²) in [5.74, 6) is -0.281. The van der Waals surface area contributed by atoms with Crippen molar-refractivity contribution in [1.29, 1.82) is 0 Å². The maximum Gasteiger partial charge on any atom is 0.485 e. The zero-order valence-electron chi connectivity index (χ0n) is 15.4. The molecule has 156 valence electrons.